The van der Waals surface area contributed by atoms with Crippen LogP contribution in [0, 0.1) is 13.8 Å². The van der Waals surface area contributed by atoms with E-state index in [0.717, 1.165) is 37.0 Å². The summed E-state index contributed by atoms with van der Waals surface area (Å²) in [5.41, 5.74) is 2.18. The molecule has 0 aromatic carbocycles. The summed E-state index contributed by atoms with van der Waals surface area (Å²) in [5, 5.41) is 0. The molecule has 0 N–H and O–H groups in total. The molecule has 1 aromatic rings. The Bertz CT molecular complexity index is 423. The third kappa shape index (κ3) is 2.95. The van der Waals surface area contributed by atoms with Crippen molar-refractivity contribution < 1.29 is 4.74 Å². The second-order valence-electron chi connectivity index (χ2n) is 5.83. The molecule has 0 spiro atoms. The third-order valence-corrected chi connectivity index (χ3v) is 4.29. The summed E-state index contributed by atoms with van der Waals surface area (Å²) in [4.78, 5) is 11.9. The predicted molar refractivity (Wildman–Crippen MR) is 74.3 cm³/mol. The maximum atomic E-state index is 5.45. The summed E-state index contributed by atoms with van der Waals surface area (Å²) >= 11 is 0. The molecule has 3 heterocycles. The maximum Gasteiger partial charge on any atom is 0.133 e. The van der Waals surface area contributed by atoms with Crippen molar-refractivity contribution >= 4 is 0 Å². The summed E-state index contributed by atoms with van der Waals surface area (Å²) in [6.07, 6.45) is 3.56. The van der Waals surface area contributed by atoms with Crippen LogP contribution in [0.1, 0.15) is 42.4 Å². The molecule has 0 saturated carbocycles. The van der Waals surface area contributed by atoms with Gasteiger partial charge in [0.25, 0.3) is 0 Å². The van der Waals surface area contributed by atoms with Crippen molar-refractivity contribution in [1.29, 1.82) is 0 Å². The van der Waals surface area contributed by atoms with E-state index in [9.17, 15) is 0 Å². The van der Waals surface area contributed by atoms with E-state index in [1.54, 1.807) is 0 Å². The van der Waals surface area contributed by atoms with Crippen LogP contribution in [0.3, 0.4) is 0 Å². The van der Waals surface area contributed by atoms with E-state index >= 15 is 0 Å². The van der Waals surface area contributed by atoms with Crippen molar-refractivity contribution in [3.8, 4) is 0 Å². The molecule has 0 bridgehead atoms. The van der Waals surface area contributed by atoms with Crippen molar-refractivity contribution in [2.24, 2.45) is 0 Å². The monoisotopic (exact) mass is 261 g/mol. The number of likely N-dealkylation sites (tertiary alicyclic amines) is 1. The number of hydrogen-bond acceptors (Lipinski definition) is 4. The normalized spacial score (nSPS) is 25.9. The Labute approximate surface area is 115 Å². The first-order valence-electron chi connectivity index (χ1n) is 7.36. The van der Waals surface area contributed by atoms with Crippen LogP contribution in [-0.2, 0) is 4.74 Å². The Morgan fingerprint density at radius 2 is 1.79 bits per heavy atom. The molecule has 104 valence electrons. The van der Waals surface area contributed by atoms with Crippen LogP contribution in [0.5, 0.6) is 0 Å². The van der Waals surface area contributed by atoms with Gasteiger partial charge in [-0.2, -0.15) is 0 Å². The number of rotatable bonds is 2. The van der Waals surface area contributed by atoms with E-state index in [4.69, 9.17) is 4.74 Å². The van der Waals surface area contributed by atoms with Crippen LogP contribution in [0.25, 0.3) is 0 Å². The quantitative estimate of drug-likeness (QED) is 0.817. The standard InChI is InChI=1S/C15H23N3O/c1-11-9-12(2)17-15(16-11)13-3-6-18(10-13)14-4-7-19-8-5-14/h9,13-14H,3-8,10H2,1-2H3/t13-/m0/s1. The van der Waals surface area contributed by atoms with E-state index in [1.165, 1.54) is 25.8 Å². The van der Waals surface area contributed by atoms with Crippen LogP contribution < -0.4 is 0 Å². The molecule has 0 amide bonds. The average molecular weight is 261 g/mol. The number of nitrogens with zero attached hydrogens (tertiary/aromatic N) is 3. The molecule has 0 unspecified atom stereocenters. The van der Waals surface area contributed by atoms with Gasteiger partial charge in [0.2, 0.25) is 0 Å². The summed E-state index contributed by atoms with van der Waals surface area (Å²) in [7, 11) is 0. The minimum atomic E-state index is 0.515. The molecule has 2 fully saturated rings. The second kappa shape index (κ2) is 5.55. The first-order valence-corrected chi connectivity index (χ1v) is 7.36. The fourth-order valence-corrected chi connectivity index (χ4v) is 3.32. The summed E-state index contributed by atoms with van der Waals surface area (Å²) < 4.78 is 5.45. The molecule has 3 rings (SSSR count). The Hall–Kier alpha value is -1.00. The van der Waals surface area contributed by atoms with Crippen molar-refractivity contribution in [3.63, 3.8) is 0 Å². The van der Waals surface area contributed by atoms with Crippen LogP contribution in [0.4, 0.5) is 0 Å². The first kappa shape index (κ1) is 13.0. The van der Waals surface area contributed by atoms with Gasteiger partial charge in [-0.25, -0.2) is 9.97 Å². The Morgan fingerprint density at radius 1 is 1.11 bits per heavy atom. The lowest BCUT2D eigenvalue weighted by atomic mass is 10.1. The molecule has 4 heteroatoms. The zero-order chi connectivity index (χ0) is 13.2. The number of ether oxygens (including phenoxy) is 1. The van der Waals surface area contributed by atoms with Gasteiger partial charge in [-0.15, -0.1) is 0 Å². The van der Waals surface area contributed by atoms with Gasteiger partial charge < -0.3 is 4.74 Å². The highest BCUT2D eigenvalue weighted by Crippen LogP contribution is 2.29. The average Bonchev–Trinajstić information content (AvgIpc) is 2.88. The highest BCUT2D eigenvalue weighted by molar-refractivity contribution is 5.12. The third-order valence-electron chi connectivity index (χ3n) is 4.29. The van der Waals surface area contributed by atoms with Gasteiger partial charge in [-0.05, 0) is 45.7 Å². The van der Waals surface area contributed by atoms with E-state index in [1.807, 2.05) is 0 Å². The lowest BCUT2D eigenvalue weighted by Gasteiger charge is -2.30. The van der Waals surface area contributed by atoms with Gasteiger partial charge in [0.1, 0.15) is 5.82 Å². The molecule has 1 aromatic heterocycles. The number of aryl methyl sites for hydroxylation is 2. The van der Waals surface area contributed by atoms with Gasteiger partial charge >= 0.3 is 0 Å². The fraction of sp³-hybridized carbons (Fsp3) is 0.733. The largest absolute Gasteiger partial charge is 0.381 e. The molecule has 2 aliphatic rings. The highest BCUT2D eigenvalue weighted by Gasteiger charge is 2.31. The molecule has 0 radical (unpaired) electrons. The van der Waals surface area contributed by atoms with Gasteiger partial charge in [0.05, 0.1) is 0 Å². The Morgan fingerprint density at radius 3 is 2.47 bits per heavy atom. The van der Waals surface area contributed by atoms with Crippen molar-refractivity contribution in [2.75, 3.05) is 26.3 Å². The summed E-state index contributed by atoms with van der Waals surface area (Å²) in [6.45, 7) is 8.27. The van der Waals surface area contributed by atoms with E-state index in [0.29, 0.717) is 12.0 Å². The summed E-state index contributed by atoms with van der Waals surface area (Å²) in [5.74, 6) is 1.56. The van der Waals surface area contributed by atoms with Gasteiger partial charge in [0.15, 0.2) is 0 Å². The maximum absolute atomic E-state index is 5.45. The zero-order valence-electron chi connectivity index (χ0n) is 11.9. The highest BCUT2D eigenvalue weighted by atomic mass is 16.5. The molecule has 2 aliphatic heterocycles. The minimum absolute atomic E-state index is 0.515. The Balaban J connectivity index is 1.67. The molecule has 1 atom stereocenters. The molecule has 4 nitrogen and oxygen atoms in total. The minimum Gasteiger partial charge on any atom is -0.381 e. The fourth-order valence-electron chi connectivity index (χ4n) is 3.32. The lowest BCUT2D eigenvalue weighted by Crippen LogP contribution is -2.37. The van der Waals surface area contributed by atoms with Crippen molar-refractivity contribution in [1.82, 2.24) is 14.9 Å². The van der Waals surface area contributed by atoms with E-state index in [-0.39, 0.29) is 0 Å². The second-order valence-corrected chi connectivity index (χ2v) is 5.83. The van der Waals surface area contributed by atoms with Gasteiger partial charge in [-0.3, -0.25) is 4.90 Å². The summed E-state index contributed by atoms with van der Waals surface area (Å²) in [6, 6.07) is 2.76. The number of hydrogen-bond donors (Lipinski definition) is 0. The van der Waals surface area contributed by atoms with Crippen molar-refractivity contribution in [3.05, 3.63) is 23.3 Å². The van der Waals surface area contributed by atoms with Crippen LogP contribution in [0.2, 0.25) is 0 Å². The SMILES string of the molecule is Cc1cc(C)nc([C@H]2CCN(C3CCOCC3)C2)n1. The zero-order valence-corrected chi connectivity index (χ0v) is 11.9. The van der Waals surface area contributed by atoms with Gasteiger partial charge in [-0.1, -0.05) is 0 Å². The van der Waals surface area contributed by atoms with Crippen LogP contribution in [-0.4, -0.2) is 47.2 Å². The molecule has 2 saturated heterocycles. The Kier molecular flexibility index (Phi) is 3.80. The smallest absolute Gasteiger partial charge is 0.133 e. The lowest BCUT2D eigenvalue weighted by molar-refractivity contribution is 0.0419. The van der Waals surface area contributed by atoms with Crippen molar-refractivity contribution in [2.45, 2.75) is 45.1 Å². The predicted octanol–water partition coefficient (Wildman–Crippen LogP) is 2.06. The first-order chi connectivity index (χ1) is 9.22. The van der Waals surface area contributed by atoms with Crippen LogP contribution in [0.15, 0.2) is 6.07 Å². The van der Waals surface area contributed by atoms with E-state index in [2.05, 4.69) is 34.8 Å². The van der Waals surface area contributed by atoms with Crippen LogP contribution >= 0.6 is 0 Å². The molecule has 0 aliphatic carbocycles. The molecular formula is C15H23N3O. The van der Waals surface area contributed by atoms with Gasteiger partial charge in [0, 0.05) is 43.1 Å². The molecular weight excluding hydrogens is 238 g/mol. The van der Waals surface area contributed by atoms with E-state index < -0.39 is 0 Å². The topological polar surface area (TPSA) is 38.2 Å². The molecule has 19 heavy (non-hydrogen) atoms. The number of aromatic nitrogens is 2.